The Hall–Kier alpha value is -0.860. The van der Waals surface area contributed by atoms with Gasteiger partial charge in [0.25, 0.3) is 0 Å². The smallest absolute Gasteiger partial charge is 0.0178 e. The number of benzene rings is 1. The third-order valence-corrected chi connectivity index (χ3v) is 2.98. The molecule has 14 heavy (non-hydrogen) atoms. The number of hydrogen-bond donors (Lipinski definition) is 2. The topological polar surface area (TPSA) is 38.0 Å². The molecule has 0 radical (unpaired) electrons. The van der Waals surface area contributed by atoms with Gasteiger partial charge in [0, 0.05) is 13.1 Å². The zero-order chi connectivity index (χ0) is 9.80. The standard InChI is InChI=1S/C12H18N2/c13-8-10-3-5-11(6-4-10)12-2-1-7-14-9-12/h3-6,12,14H,1-2,7-9,13H2. The number of nitrogens with two attached hydrogens (primary N) is 1. The molecule has 2 heteroatoms. The van der Waals surface area contributed by atoms with E-state index in [1.54, 1.807) is 0 Å². The molecule has 0 saturated carbocycles. The van der Waals surface area contributed by atoms with Crippen LogP contribution in [0.5, 0.6) is 0 Å². The fourth-order valence-corrected chi connectivity index (χ4v) is 2.06. The molecule has 1 saturated heterocycles. The van der Waals surface area contributed by atoms with Crippen LogP contribution in [-0.4, -0.2) is 13.1 Å². The van der Waals surface area contributed by atoms with Crippen LogP contribution < -0.4 is 11.1 Å². The Morgan fingerprint density at radius 3 is 2.64 bits per heavy atom. The second-order valence-electron chi connectivity index (χ2n) is 3.99. The van der Waals surface area contributed by atoms with Crippen LogP contribution in [0.2, 0.25) is 0 Å². The zero-order valence-electron chi connectivity index (χ0n) is 8.50. The highest BCUT2D eigenvalue weighted by molar-refractivity contribution is 5.25. The summed E-state index contributed by atoms with van der Waals surface area (Å²) < 4.78 is 0. The summed E-state index contributed by atoms with van der Waals surface area (Å²) in [4.78, 5) is 0. The number of hydrogen-bond acceptors (Lipinski definition) is 2. The molecule has 76 valence electrons. The van der Waals surface area contributed by atoms with Gasteiger partial charge in [-0.25, -0.2) is 0 Å². The highest BCUT2D eigenvalue weighted by atomic mass is 14.9. The van der Waals surface area contributed by atoms with Gasteiger partial charge < -0.3 is 11.1 Å². The van der Waals surface area contributed by atoms with Crippen molar-refractivity contribution < 1.29 is 0 Å². The van der Waals surface area contributed by atoms with Crippen molar-refractivity contribution >= 4 is 0 Å². The first-order chi connectivity index (χ1) is 6.90. The van der Waals surface area contributed by atoms with Gasteiger partial charge in [-0.2, -0.15) is 0 Å². The molecule has 1 aliphatic rings. The Bertz CT molecular complexity index is 273. The summed E-state index contributed by atoms with van der Waals surface area (Å²) in [7, 11) is 0. The molecule has 0 spiro atoms. The summed E-state index contributed by atoms with van der Waals surface area (Å²) in [5.41, 5.74) is 8.24. The molecule has 1 aliphatic heterocycles. The van der Waals surface area contributed by atoms with Gasteiger partial charge in [-0.15, -0.1) is 0 Å². The van der Waals surface area contributed by atoms with Gasteiger partial charge in [-0.1, -0.05) is 24.3 Å². The van der Waals surface area contributed by atoms with Crippen LogP contribution in [0.25, 0.3) is 0 Å². The molecule has 1 fully saturated rings. The maximum atomic E-state index is 5.57. The van der Waals surface area contributed by atoms with Crippen molar-refractivity contribution in [3.8, 4) is 0 Å². The molecule has 1 unspecified atom stereocenters. The van der Waals surface area contributed by atoms with Crippen LogP contribution in [0.15, 0.2) is 24.3 Å². The van der Waals surface area contributed by atoms with Crippen LogP contribution in [0.4, 0.5) is 0 Å². The van der Waals surface area contributed by atoms with Crippen molar-refractivity contribution in [2.45, 2.75) is 25.3 Å². The highest BCUT2D eigenvalue weighted by Gasteiger charge is 2.14. The summed E-state index contributed by atoms with van der Waals surface area (Å²) in [6, 6.07) is 8.73. The normalized spacial score (nSPS) is 22.2. The lowest BCUT2D eigenvalue weighted by atomic mass is 9.91. The van der Waals surface area contributed by atoms with Crippen molar-refractivity contribution in [3.63, 3.8) is 0 Å². The lowest BCUT2D eigenvalue weighted by molar-refractivity contribution is 0.461. The lowest BCUT2D eigenvalue weighted by Gasteiger charge is -2.23. The average Bonchev–Trinajstić information content (AvgIpc) is 2.30. The van der Waals surface area contributed by atoms with Gasteiger partial charge >= 0.3 is 0 Å². The molecule has 0 aromatic heterocycles. The molecule has 1 aromatic carbocycles. The lowest BCUT2D eigenvalue weighted by Crippen LogP contribution is -2.28. The molecule has 0 bridgehead atoms. The van der Waals surface area contributed by atoms with Gasteiger partial charge in [-0.3, -0.25) is 0 Å². The third kappa shape index (κ3) is 2.14. The molecule has 2 nitrogen and oxygen atoms in total. The summed E-state index contributed by atoms with van der Waals surface area (Å²) in [6.07, 6.45) is 2.61. The fraction of sp³-hybridized carbons (Fsp3) is 0.500. The maximum absolute atomic E-state index is 5.57. The monoisotopic (exact) mass is 190 g/mol. The molecule has 0 amide bonds. The van der Waals surface area contributed by atoms with Crippen molar-refractivity contribution in [2.24, 2.45) is 5.73 Å². The van der Waals surface area contributed by atoms with Gasteiger partial charge in [0.05, 0.1) is 0 Å². The van der Waals surface area contributed by atoms with E-state index in [0.717, 1.165) is 6.54 Å². The van der Waals surface area contributed by atoms with Gasteiger partial charge in [0.15, 0.2) is 0 Å². The van der Waals surface area contributed by atoms with E-state index >= 15 is 0 Å². The van der Waals surface area contributed by atoms with Crippen LogP contribution in [0.1, 0.15) is 29.9 Å². The van der Waals surface area contributed by atoms with Gasteiger partial charge in [0.1, 0.15) is 0 Å². The first-order valence-electron chi connectivity index (χ1n) is 5.40. The molecule has 1 heterocycles. The van der Waals surface area contributed by atoms with Gasteiger partial charge in [-0.05, 0) is 36.4 Å². The van der Waals surface area contributed by atoms with E-state index in [2.05, 4.69) is 29.6 Å². The first-order valence-corrected chi connectivity index (χ1v) is 5.40. The minimum absolute atomic E-state index is 0.642. The highest BCUT2D eigenvalue weighted by Crippen LogP contribution is 2.23. The summed E-state index contributed by atoms with van der Waals surface area (Å²) in [6.45, 7) is 2.95. The second kappa shape index (κ2) is 4.58. The Labute approximate surface area is 85.5 Å². The van der Waals surface area contributed by atoms with E-state index in [0.29, 0.717) is 12.5 Å². The number of nitrogens with one attached hydrogen (secondary N) is 1. The molecular weight excluding hydrogens is 172 g/mol. The largest absolute Gasteiger partial charge is 0.326 e. The Kier molecular flexibility index (Phi) is 3.17. The average molecular weight is 190 g/mol. The Balaban J connectivity index is 2.07. The van der Waals surface area contributed by atoms with E-state index in [1.807, 2.05) is 0 Å². The van der Waals surface area contributed by atoms with Crippen molar-refractivity contribution in [3.05, 3.63) is 35.4 Å². The molecule has 1 atom stereocenters. The number of piperidine rings is 1. The third-order valence-electron chi connectivity index (χ3n) is 2.98. The Morgan fingerprint density at radius 2 is 2.07 bits per heavy atom. The predicted molar refractivity (Wildman–Crippen MR) is 59.2 cm³/mol. The van der Waals surface area contributed by atoms with E-state index < -0.39 is 0 Å². The quantitative estimate of drug-likeness (QED) is 0.743. The molecule has 2 rings (SSSR count). The summed E-state index contributed by atoms with van der Waals surface area (Å²) >= 11 is 0. The van der Waals surface area contributed by atoms with E-state index in [-0.39, 0.29) is 0 Å². The van der Waals surface area contributed by atoms with Crippen molar-refractivity contribution in [1.29, 1.82) is 0 Å². The second-order valence-corrected chi connectivity index (χ2v) is 3.99. The molecule has 0 aliphatic carbocycles. The van der Waals surface area contributed by atoms with Crippen molar-refractivity contribution in [2.75, 3.05) is 13.1 Å². The summed E-state index contributed by atoms with van der Waals surface area (Å²) in [5.74, 6) is 0.704. The first kappa shape index (κ1) is 9.69. The van der Waals surface area contributed by atoms with E-state index in [1.165, 1.54) is 30.5 Å². The minimum Gasteiger partial charge on any atom is -0.326 e. The number of rotatable bonds is 2. The van der Waals surface area contributed by atoms with E-state index in [9.17, 15) is 0 Å². The zero-order valence-corrected chi connectivity index (χ0v) is 8.50. The fourth-order valence-electron chi connectivity index (χ4n) is 2.06. The van der Waals surface area contributed by atoms with Crippen LogP contribution in [0.3, 0.4) is 0 Å². The molecule has 3 N–H and O–H groups in total. The van der Waals surface area contributed by atoms with Crippen molar-refractivity contribution in [1.82, 2.24) is 5.32 Å². The predicted octanol–water partition coefficient (Wildman–Crippen LogP) is 1.61. The Morgan fingerprint density at radius 1 is 1.29 bits per heavy atom. The van der Waals surface area contributed by atoms with Crippen LogP contribution in [0, 0.1) is 0 Å². The van der Waals surface area contributed by atoms with E-state index in [4.69, 9.17) is 5.73 Å². The minimum atomic E-state index is 0.642. The SMILES string of the molecule is NCc1ccc(C2CCCNC2)cc1. The maximum Gasteiger partial charge on any atom is 0.0178 e. The molecular formula is C12H18N2. The van der Waals surface area contributed by atoms with Gasteiger partial charge in [0.2, 0.25) is 0 Å². The van der Waals surface area contributed by atoms with Crippen LogP contribution >= 0.6 is 0 Å². The van der Waals surface area contributed by atoms with Crippen LogP contribution in [-0.2, 0) is 6.54 Å². The molecule has 1 aromatic rings. The summed E-state index contributed by atoms with van der Waals surface area (Å²) in [5, 5.41) is 3.44.